The number of rotatable bonds is 0. The Balaban J connectivity index is 1.59. The molecule has 1 aliphatic heterocycles. The van der Waals surface area contributed by atoms with Crippen molar-refractivity contribution in [2.24, 2.45) is 0 Å². The number of nitrogens with one attached hydrogen (secondary N) is 3. The number of alkyl carbamates (subject to hydrolysis) is 1. The lowest BCUT2D eigenvalue weighted by molar-refractivity contribution is -0.0494. The number of halogens is 3. The second-order valence-electron chi connectivity index (χ2n) is 7.57. The van der Waals surface area contributed by atoms with E-state index in [4.69, 9.17) is 9.47 Å². The van der Waals surface area contributed by atoms with Crippen molar-refractivity contribution in [2.45, 2.75) is 56.3 Å². The smallest absolute Gasteiger partial charge is 0.407 e. The van der Waals surface area contributed by atoms with Gasteiger partial charge in [-0.05, 0) is 25.8 Å². The van der Waals surface area contributed by atoms with Crippen molar-refractivity contribution in [1.82, 2.24) is 20.5 Å². The molecule has 11 heteroatoms. The van der Waals surface area contributed by atoms with Crippen LogP contribution in [0.3, 0.4) is 0 Å². The molecule has 1 amide bonds. The first kappa shape index (κ1) is 20.3. The van der Waals surface area contributed by atoms with Gasteiger partial charge in [0.05, 0.1) is 12.6 Å². The Labute approximate surface area is 170 Å². The Kier molecular flexibility index (Phi) is 5.44. The summed E-state index contributed by atoms with van der Waals surface area (Å²) in [6.45, 7) is 0.854. The molecule has 162 valence electrons. The van der Waals surface area contributed by atoms with Crippen LogP contribution in [0.5, 0.6) is 5.88 Å². The highest BCUT2D eigenvalue weighted by Crippen LogP contribution is 2.38. The number of fused-ring (bicyclic) bond motifs is 7. The van der Waals surface area contributed by atoms with Crippen LogP contribution in [0.2, 0.25) is 0 Å². The van der Waals surface area contributed by atoms with Crippen molar-refractivity contribution in [2.75, 3.05) is 11.9 Å². The minimum absolute atomic E-state index is 0.137. The van der Waals surface area contributed by atoms with Crippen LogP contribution in [0.1, 0.15) is 37.8 Å². The molecule has 2 aromatic rings. The Morgan fingerprint density at radius 3 is 2.93 bits per heavy atom. The zero-order valence-corrected chi connectivity index (χ0v) is 16.2. The van der Waals surface area contributed by atoms with Crippen LogP contribution in [0.15, 0.2) is 24.4 Å². The molecular weight excluding hydrogens is 403 g/mol. The number of hydrogen-bond acceptors (Lipinski definition) is 6. The summed E-state index contributed by atoms with van der Waals surface area (Å²) in [6, 6.07) is 3.49. The third-order valence-electron chi connectivity index (χ3n) is 5.39. The van der Waals surface area contributed by atoms with Gasteiger partial charge >= 0.3 is 6.09 Å². The number of H-pyrrole nitrogens is 1. The Morgan fingerprint density at radius 2 is 2.10 bits per heavy atom. The van der Waals surface area contributed by atoms with Crippen LogP contribution in [-0.2, 0) is 4.74 Å². The zero-order chi connectivity index (χ0) is 21.3. The monoisotopic (exact) mass is 425 g/mol. The molecule has 0 aromatic carbocycles. The largest absolute Gasteiger partial charge is 0.477 e. The predicted octanol–water partition coefficient (Wildman–Crippen LogP) is 3.66. The van der Waals surface area contributed by atoms with E-state index < -0.39 is 36.8 Å². The maximum absolute atomic E-state index is 14.4. The summed E-state index contributed by atoms with van der Waals surface area (Å²) in [5.74, 6) is -2.82. The van der Waals surface area contributed by atoms with E-state index in [2.05, 4.69) is 25.8 Å². The Hall–Kier alpha value is -2.98. The minimum Gasteiger partial charge on any atom is -0.477 e. The van der Waals surface area contributed by atoms with E-state index in [1.54, 1.807) is 18.2 Å². The van der Waals surface area contributed by atoms with Gasteiger partial charge in [-0.1, -0.05) is 0 Å². The molecular formula is C19H22F3N5O3. The zero-order valence-electron chi connectivity index (χ0n) is 16.2. The third-order valence-corrected chi connectivity index (χ3v) is 5.39. The summed E-state index contributed by atoms with van der Waals surface area (Å²) >= 11 is 0. The van der Waals surface area contributed by atoms with Gasteiger partial charge in [-0.2, -0.15) is 5.10 Å². The van der Waals surface area contributed by atoms with Gasteiger partial charge in [0.25, 0.3) is 5.92 Å². The van der Waals surface area contributed by atoms with Crippen LogP contribution in [0.4, 0.5) is 29.5 Å². The van der Waals surface area contributed by atoms with Crippen molar-refractivity contribution < 1.29 is 27.4 Å². The van der Waals surface area contributed by atoms with Gasteiger partial charge in [0.1, 0.15) is 12.3 Å². The molecule has 3 N–H and O–H groups in total. The first-order chi connectivity index (χ1) is 14.3. The first-order valence-electron chi connectivity index (χ1n) is 9.70. The molecule has 1 saturated carbocycles. The summed E-state index contributed by atoms with van der Waals surface area (Å²) in [7, 11) is 0. The third kappa shape index (κ3) is 4.44. The fraction of sp³-hybridized carbons (Fsp3) is 0.526. The van der Waals surface area contributed by atoms with E-state index in [1.807, 2.05) is 0 Å². The van der Waals surface area contributed by atoms with Crippen LogP contribution >= 0.6 is 0 Å². The van der Waals surface area contributed by atoms with Gasteiger partial charge in [0.2, 0.25) is 5.88 Å². The van der Waals surface area contributed by atoms with Crippen LogP contribution in [-0.4, -0.2) is 52.1 Å². The van der Waals surface area contributed by atoms with E-state index >= 15 is 0 Å². The number of amides is 1. The molecule has 4 rings (SSSR count). The second-order valence-corrected chi connectivity index (χ2v) is 7.57. The molecule has 2 aromatic heterocycles. The van der Waals surface area contributed by atoms with E-state index in [9.17, 15) is 18.0 Å². The van der Waals surface area contributed by atoms with E-state index in [0.29, 0.717) is 17.2 Å². The maximum Gasteiger partial charge on any atom is 0.407 e. The molecule has 4 atom stereocenters. The average molecular weight is 425 g/mol. The van der Waals surface area contributed by atoms with Gasteiger partial charge in [-0.25, -0.2) is 22.9 Å². The number of alkyl halides is 3. The Morgan fingerprint density at radius 1 is 1.27 bits per heavy atom. The lowest BCUT2D eigenvalue weighted by Crippen LogP contribution is -2.47. The number of anilines is 2. The standard InChI is InChI=1S/C19H22F3N5O3/c1-10-19(21,22)3-5-29-17-8-12(2-4-23-17)25-16-9-14(26-27-16)11-6-13(20)15(7-11)30-18(28)24-10/h2,4,8-11,13,15H,3,5-7H2,1H3,(H,24,28)(H2,25,26,27)/t10-,11+,13-,15+/m0/s1. The number of pyridine rings is 1. The van der Waals surface area contributed by atoms with Crippen molar-refractivity contribution in [3.05, 3.63) is 30.1 Å². The number of aromatic nitrogens is 3. The fourth-order valence-electron chi connectivity index (χ4n) is 3.61. The van der Waals surface area contributed by atoms with Gasteiger partial charge in [0.15, 0.2) is 5.82 Å². The highest BCUT2D eigenvalue weighted by molar-refractivity contribution is 5.68. The molecule has 0 radical (unpaired) electrons. The number of hydrogen-bond donors (Lipinski definition) is 3. The van der Waals surface area contributed by atoms with Gasteiger partial charge in [0, 0.05) is 42.0 Å². The highest BCUT2D eigenvalue weighted by atomic mass is 19.3. The molecule has 0 spiro atoms. The molecule has 0 saturated heterocycles. The van der Waals surface area contributed by atoms with Crippen molar-refractivity contribution in [1.29, 1.82) is 0 Å². The molecule has 6 bridgehead atoms. The highest BCUT2D eigenvalue weighted by Gasteiger charge is 2.41. The lowest BCUT2D eigenvalue weighted by atomic mass is 10.0. The topological polar surface area (TPSA) is 101 Å². The number of carbonyl (C=O) groups is 1. The SMILES string of the molecule is C[C@@H]1NC(=O)O[C@@H]2C[C@@H](C[C@@H]2F)c2cc(n[nH]2)Nc2ccnc(c2)OCCC1(F)F. The molecule has 1 aliphatic carbocycles. The fourth-order valence-corrected chi connectivity index (χ4v) is 3.61. The molecule has 1 fully saturated rings. The summed E-state index contributed by atoms with van der Waals surface area (Å²) in [5, 5.41) is 12.2. The first-order valence-corrected chi connectivity index (χ1v) is 9.70. The molecule has 8 nitrogen and oxygen atoms in total. The van der Waals surface area contributed by atoms with E-state index in [-0.39, 0.29) is 31.2 Å². The van der Waals surface area contributed by atoms with Crippen molar-refractivity contribution in [3.8, 4) is 5.88 Å². The van der Waals surface area contributed by atoms with Crippen LogP contribution < -0.4 is 15.4 Å². The minimum atomic E-state index is -3.25. The molecule has 0 unspecified atom stereocenters. The average Bonchev–Trinajstić information content (AvgIpc) is 3.28. The number of ether oxygens (including phenoxy) is 2. The quantitative estimate of drug-likeness (QED) is 0.596. The van der Waals surface area contributed by atoms with Crippen LogP contribution in [0.25, 0.3) is 0 Å². The van der Waals surface area contributed by atoms with Gasteiger partial charge in [-0.15, -0.1) is 0 Å². The van der Waals surface area contributed by atoms with Crippen molar-refractivity contribution >= 4 is 17.6 Å². The summed E-state index contributed by atoms with van der Waals surface area (Å²) in [5.41, 5.74) is 1.31. The maximum atomic E-state index is 14.4. The molecule has 30 heavy (non-hydrogen) atoms. The van der Waals surface area contributed by atoms with E-state index in [0.717, 1.165) is 0 Å². The number of nitrogens with zero attached hydrogens (tertiary/aromatic N) is 2. The summed E-state index contributed by atoms with van der Waals surface area (Å²) in [6.07, 6.45) is -2.27. The van der Waals surface area contributed by atoms with E-state index in [1.165, 1.54) is 13.1 Å². The van der Waals surface area contributed by atoms with Gasteiger partial charge in [-0.3, -0.25) is 5.10 Å². The van der Waals surface area contributed by atoms with Gasteiger partial charge < -0.3 is 20.1 Å². The number of aromatic amines is 1. The predicted molar refractivity (Wildman–Crippen MR) is 101 cm³/mol. The summed E-state index contributed by atoms with van der Waals surface area (Å²) in [4.78, 5) is 16.1. The summed E-state index contributed by atoms with van der Waals surface area (Å²) < 4.78 is 53.6. The lowest BCUT2D eigenvalue weighted by Gasteiger charge is -2.25. The normalized spacial score (nSPS) is 28.9. The molecule has 2 aliphatic rings. The Bertz CT molecular complexity index is 909. The second kappa shape index (κ2) is 8.04. The van der Waals surface area contributed by atoms with Crippen LogP contribution in [0, 0.1) is 0 Å². The molecule has 3 heterocycles. The number of carbonyl (C=O) groups excluding carboxylic acids is 1. The van der Waals surface area contributed by atoms with Crippen molar-refractivity contribution in [3.63, 3.8) is 0 Å².